The third-order valence-electron chi connectivity index (χ3n) is 10.9. The van der Waals surface area contributed by atoms with Gasteiger partial charge in [0.1, 0.15) is 0 Å². The number of rotatable bonds is 6. The van der Waals surface area contributed by atoms with Crippen LogP contribution in [0, 0.1) is 6.92 Å². The van der Waals surface area contributed by atoms with Gasteiger partial charge in [-0.1, -0.05) is 133 Å². The van der Waals surface area contributed by atoms with E-state index in [0.29, 0.717) is 0 Å². The molecule has 0 amide bonds. The Morgan fingerprint density at radius 3 is 1.65 bits per heavy atom. The van der Waals surface area contributed by atoms with Gasteiger partial charge in [0.05, 0.1) is 11.1 Å². The van der Waals surface area contributed by atoms with Gasteiger partial charge in [-0.05, 0) is 125 Å². The molecule has 7 aromatic carbocycles. The molecule has 0 unspecified atom stereocenters. The molecule has 0 heterocycles. The van der Waals surface area contributed by atoms with Crippen molar-refractivity contribution in [1.82, 2.24) is 0 Å². The minimum atomic E-state index is -0.480. The third kappa shape index (κ3) is 4.68. The molecular weight excluding hydrogens is 591 g/mol. The molecule has 1 heteroatoms. The van der Waals surface area contributed by atoms with Crippen LogP contribution in [0.4, 0.5) is 17.1 Å². The van der Waals surface area contributed by atoms with E-state index < -0.39 is 5.41 Å². The van der Waals surface area contributed by atoms with Crippen LogP contribution < -0.4 is 4.90 Å². The Bertz CT molecular complexity index is 2190. The van der Waals surface area contributed by atoms with Gasteiger partial charge in [0.2, 0.25) is 0 Å². The molecule has 0 bridgehead atoms. The molecule has 0 atom stereocenters. The summed E-state index contributed by atoms with van der Waals surface area (Å²) in [5.41, 5.74) is 18.0. The van der Waals surface area contributed by atoms with Gasteiger partial charge in [-0.3, -0.25) is 0 Å². The topological polar surface area (TPSA) is 3.24 Å². The number of anilines is 3. The summed E-state index contributed by atoms with van der Waals surface area (Å²) in [6.07, 6.45) is 4.77. The van der Waals surface area contributed by atoms with Crippen LogP contribution in [0.3, 0.4) is 0 Å². The van der Waals surface area contributed by atoms with E-state index >= 15 is 0 Å². The van der Waals surface area contributed by atoms with Gasteiger partial charge in [-0.25, -0.2) is 0 Å². The van der Waals surface area contributed by atoms with Crippen LogP contribution in [-0.2, 0) is 18.3 Å². The molecule has 49 heavy (non-hydrogen) atoms. The van der Waals surface area contributed by atoms with Crippen LogP contribution in [0.5, 0.6) is 0 Å². The molecular formula is C48H39N. The van der Waals surface area contributed by atoms with Crippen LogP contribution >= 0.6 is 0 Å². The fraction of sp³-hybridized carbons (Fsp3) is 0.125. The summed E-state index contributed by atoms with van der Waals surface area (Å²) in [6.45, 7) is 2.31. The molecule has 1 nitrogen and oxygen atoms in total. The smallest absolute Gasteiger partial charge is 0.0714 e. The Hall–Kier alpha value is -5.66. The predicted octanol–water partition coefficient (Wildman–Crippen LogP) is 12.4. The summed E-state index contributed by atoms with van der Waals surface area (Å²) in [5, 5.41) is 0. The highest BCUT2D eigenvalue weighted by molar-refractivity contribution is 5.97. The normalized spacial score (nSPS) is 14.1. The van der Waals surface area contributed by atoms with Crippen molar-refractivity contribution in [3.05, 3.63) is 209 Å². The Labute approximate surface area is 290 Å². The molecule has 0 N–H and O–H groups in total. The molecule has 0 aromatic heterocycles. The molecule has 0 saturated heterocycles. The monoisotopic (exact) mass is 629 g/mol. The van der Waals surface area contributed by atoms with E-state index in [2.05, 4.69) is 182 Å². The van der Waals surface area contributed by atoms with Gasteiger partial charge >= 0.3 is 0 Å². The van der Waals surface area contributed by atoms with Crippen LogP contribution in [0.15, 0.2) is 170 Å². The maximum atomic E-state index is 2.55. The van der Waals surface area contributed by atoms with Crippen LogP contribution in [0.25, 0.3) is 22.3 Å². The fourth-order valence-electron chi connectivity index (χ4n) is 8.76. The molecule has 9 rings (SSSR count). The van der Waals surface area contributed by atoms with E-state index in [1.165, 1.54) is 79.7 Å². The SMILES string of the molecule is Cc1ccc2c(c1-c1cc3c(cc1N(c1ccccc1)c1ccccc1)C(c1ccccc1)(c1ccccc1)c1ccccc1-3)CCCC2. The van der Waals surface area contributed by atoms with E-state index in [9.17, 15) is 0 Å². The number of hydrogen-bond acceptors (Lipinski definition) is 1. The third-order valence-corrected chi connectivity index (χ3v) is 10.9. The van der Waals surface area contributed by atoms with Crippen molar-refractivity contribution in [3.8, 4) is 22.3 Å². The minimum absolute atomic E-state index is 0.480. The number of fused-ring (bicyclic) bond motifs is 4. The van der Waals surface area contributed by atoms with Crippen LogP contribution in [-0.4, -0.2) is 0 Å². The summed E-state index contributed by atoms with van der Waals surface area (Å²) >= 11 is 0. The Kier molecular flexibility index (Phi) is 7.28. The lowest BCUT2D eigenvalue weighted by atomic mass is 9.67. The minimum Gasteiger partial charge on any atom is -0.310 e. The molecule has 7 aromatic rings. The van der Waals surface area contributed by atoms with Crippen molar-refractivity contribution >= 4 is 17.1 Å². The molecule has 0 spiro atoms. The average molecular weight is 630 g/mol. The van der Waals surface area contributed by atoms with Gasteiger partial charge in [0.25, 0.3) is 0 Å². The number of aryl methyl sites for hydroxylation is 2. The van der Waals surface area contributed by atoms with Crippen molar-refractivity contribution in [2.75, 3.05) is 4.90 Å². The Morgan fingerprint density at radius 2 is 1.02 bits per heavy atom. The zero-order valence-corrected chi connectivity index (χ0v) is 27.9. The van der Waals surface area contributed by atoms with E-state index in [4.69, 9.17) is 0 Å². The highest BCUT2D eigenvalue weighted by atomic mass is 15.1. The van der Waals surface area contributed by atoms with Crippen molar-refractivity contribution in [2.24, 2.45) is 0 Å². The maximum absolute atomic E-state index is 2.55. The zero-order chi connectivity index (χ0) is 32.8. The zero-order valence-electron chi connectivity index (χ0n) is 27.9. The molecule has 0 saturated carbocycles. The summed E-state index contributed by atoms with van der Waals surface area (Å²) in [4.78, 5) is 2.49. The predicted molar refractivity (Wildman–Crippen MR) is 205 cm³/mol. The van der Waals surface area contributed by atoms with E-state index in [-0.39, 0.29) is 0 Å². The second-order valence-corrected chi connectivity index (χ2v) is 13.6. The Balaban J connectivity index is 1.45. The maximum Gasteiger partial charge on any atom is 0.0714 e. The standard InChI is InChI=1S/C48H39N/c1-34-30-31-35-18-14-15-27-40(35)47(34)43-32-42-41-28-16-17-29-44(41)48(36-19-6-2-7-20-36,37-21-8-3-9-22-37)45(42)33-46(43)49(38-23-10-4-11-24-38)39-25-12-5-13-26-39/h2-13,16-17,19-26,28-33H,14-15,18,27H2,1H3. The first-order valence-corrected chi connectivity index (χ1v) is 17.7. The lowest BCUT2D eigenvalue weighted by Crippen LogP contribution is -2.28. The van der Waals surface area contributed by atoms with Gasteiger partial charge in [0.15, 0.2) is 0 Å². The summed E-state index contributed by atoms with van der Waals surface area (Å²) < 4.78 is 0. The molecule has 0 fully saturated rings. The average Bonchev–Trinajstić information content (AvgIpc) is 3.46. The second-order valence-electron chi connectivity index (χ2n) is 13.6. The molecule has 2 aliphatic carbocycles. The number of benzene rings is 7. The fourth-order valence-corrected chi connectivity index (χ4v) is 8.76. The van der Waals surface area contributed by atoms with E-state index in [1.807, 2.05) is 0 Å². The molecule has 2 aliphatic rings. The van der Waals surface area contributed by atoms with Crippen molar-refractivity contribution in [1.29, 1.82) is 0 Å². The Morgan fingerprint density at radius 1 is 0.469 bits per heavy atom. The number of hydrogen-bond donors (Lipinski definition) is 0. The summed E-state index contributed by atoms with van der Waals surface area (Å²) in [5.74, 6) is 0. The summed E-state index contributed by atoms with van der Waals surface area (Å²) in [7, 11) is 0. The molecule has 0 aliphatic heterocycles. The van der Waals surface area contributed by atoms with Gasteiger partial charge < -0.3 is 4.90 Å². The van der Waals surface area contributed by atoms with Crippen molar-refractivity contribution in [3.63, 3.8) is 0 Å². The molecule has 0 radical (unpaired) electrons. The lowest BCUT2D eigenvalue weighted by Gasteiger charge is -2.36. The largest absolute Gasteiger partial charge is 0.310 e. The van der Waals surface area contributed by atoms with Crippen LogP contribution in [0.1, 0.15) is 51.8 Å². The number of para-hydroxylation sites is 2. The highest BCUT2D eigenvalue weighted by Gasteiger charge is 2.47. The lowest BCUT2D eigenvalue weighted by molar-refractivity contribution is 0.686. The van der Waals surface area contributed by atoms with Gasteiger partial charge in [-0.2, -0.15) is 0 Å². The first-order chi connectivity index (χ1) is 24.2. The first kappa shape index (κ1) is 29.5. The second kappa shape index (κ2) is 12.1. The number of nitrogens with zero attached hydrogens (tertiary/aromatic N) is 1. The van der Waals surface area contributed by atoms with Gasteiger partial charge in [-0.15, -0.1) is 0 Å². The van der Waals surface area contributed by atoms with E-state index in [0.717, 1.165) is 24.2 Å². The quantitative estimate of drug-likeness (QED) is 0.177. The van der Waals surface area contributed by atoms with Crippen molar-refractivity contribution in [2.45, 2.75) is 38.0 Å². The highest BCUT2D eigenvalue weighted by Crippen LogP contribution is 2.59. The van der Waals surface area contributed by atoms with E-state index in [1.54, 1.807) is 0 Å². The summed E-state index contributed by atoms with van der Waals surface area (Å²) in [6, 6.07) is 63.1. The first-order valence-electron chi connectivity index (χ1n) is 17.7. The van der Waals surface area contributed by atoms with Gasteiger partial charge in [0, 0.05) is 16.9 Å². The molecule has 236 valence electrons. The van der Waals surface area contributed by atoms with Crippen LogP contribution in [0.2, 0.25) is 0 Å². The van der Waals surface area contributed by atoms with Crippen molar-refractivity contribution < 1.29 is 0 Å².